The highest BCUT2D eigenvalue weighted by Gasteiger charge is 2.21. The number of rotatable bonds is 6. The van der Waals surface area contributed by atoms with Crippen LogP contribution in [0.25, 0.3) is 0 Å². The fourth-order valence-corrected chi connectivity index (χ4v) is 4.82. The second-order valence-electron chi connectivity index (χ2n) is 7.09. The number of nitrogens with zero attached hydrogens (tertiary/aromatic N) is 1. The van der Waals surface area contributed by atoms with E-state index in [1.54, 1.807) is 0 Å². The standard InChI is InChI=1S/C17H33NOS/c1-8-10-12-17(6,7)13-15-20(19,14-11-9-2)18-16(3,4)5/h8-9,11,13-15H2,1-7H3. The molecular formula is C17H33NOS. The predicted octanol–water partition coefficient (Wildman–Crippen LogP) is 4.88. The molecule has 0 aromatic heterocycles. The van der Waals surface area contributed by atoms with E-state index in [-0.39, 0.29) is 11.0 Å². The summed E-state index contributed by atoms with van der Waals surface area (Å²) in [4.78, 5) is 0. The molecule has 1 atom stereocenters. The second-order valence-corrected chi connectivity index (χ2v) is 9.63. The second kappa shape index (κ2) is 8.08. The fraction of sp³-hybridized carbons (Fsp3) is 0.882. The summed E-state index contributed by atoms with van der Waals surface area (Å²) in [5.41, 5.74) is -0.303. The molecule has 0 aliphatic heterocycles. The molecule has 3 heteroatoms. The molecule has 0 aromatic carbocycles. The summed E-state index contributed by atoms with van der Waals surface area (Å²) >= 11 is 0. The normalized spacial score (nSPS) is 15.2. The minimum absolute atomic E-state index is 0.0711. The molecule has 0 aromatic rings. The summed E-state index contributed by atoms with van der Waals surface area (Å²) < 4.78 is 17.7. The first kappa shape index (κ1) is 19.5. The van der Waals surface area contributed by atoms with Crippen molar-refractivity contribution in [3.05, 3.63) is 0 Å². The van der Waals surface area contributed by atoms with E-state index < -0.39 is 9.73 Å². The molecule has 0 saturated heterocycles. The largest absolute Gasteiger partial charge is 0.250 e. The minimum atomic E-state index is -2.11. The van der Waals surface area contributed by atoms with E-state index in [1.165, 1.54) is 0 Å². The Labute approximate surface area is 127 Å². The third kappa shape index (κ3) is 9.42. The van der Waals surface area contributed by atoms with Crippen LogP contribution < -0.4 is 0 Å². The third-order valence-corrected chi connectivity index (χ3v) is 5.56. The molecule has 118 valence electrons. The monoisotopic (exact) mass is 299 g/mol. The predicted molar refractivity (Wildman–Crippen MR) is 91.4 cm³/mol. The average molecular weight is 300 g/mol. The third-order valence-electron chi connectivity index (χ3n) is 2.91. The van der Waals surface area contributed by atoms with E-state index in [1.807, 2.05) is 20.8 Å². The van der Waals surface area contributed by atoms with Gasteiger partial charge in [0.25, 0.3) is 0 Å². The highest BCUT2D eigenvalue weighted by molar-refractivity contribution is 7.93. The van der Waals surface area contributed by atoms with Crippen LogP contribution in [0.1, 0.15) is 74.1 Å². The van der Waals surface area contributed by atoms with Crippen molar-refractivity contribution in [1.82, 2.24) is 0 Å². The average Bonchev–Trinajstić information content (AvgIpc) is 2.30. The van der Waals surface area contributed by atoms with Gasteiger partial charge in [0.15, 0.2) is 0 Å². The Hall–Kier alpha value is -0.490. The summed E-state index contributed by atoms with van der Waals surface area (Å²) in [5.74, 6) is 7.81. The van der Waals surface area contributed by atoms with Gasteiger partial charge >= 0.3 is 0 Å². The Balaban J connectivity index is 5.03. The summed E-state index contributed by atoms with van der Waals surface area (Å²) in [6, 6.07) is 0. The Morgan fingerprint density at radius 1 is 1.05 bits per heavy atom. The molecule has 0 spiro atoms. The van der Waals surface area contributed by atoms with Crippen LogP contribution in [0.2, 0.25) is 0 Å². The van der Waals surface area contributed by atoms with Crippen LogP contribution in [-0.2, 0) is 9.73 Å². The van der Waals surface area contributed by atoms with Crippen LogP contribution in [0.3, 0.4) is 0 Å². The topological polar surface area (TPSA) is 29.4 Å². The van der Waals surface area contributed by atoms with Gasteiger partial charge in [0.2, 0.25) is 0 Å². The Bertz CT molecular complexity index is 452. The van der Waals surface area contributed by atoms with E-state index in [0.29, 0.717) is 5.75 Å². The maximum absolute atomic E-state index is 13.1. The maximum atomic E-state index is 13.1. The lowest BCUT2D eigenvalue weighted by Gasteiger charge is -2.22. The van der Waals surface area contributed by atoms with Gasteiger partial charge in [0, 0.05) is 33.1 Å². The molecule has 0 amide bonds. The molecule has 0 fully saturated rings. The Morgan fingerprint density at radius 3 is 2.10 bits per heavy atom. The lowest BCUT2D eigenvalue weighted by atomic mass is 9.91. The van der Waals surface area contributed by atoms with Crippen LogP contribution in [0.15, 0.2) is 4.36 Å². The maximum Gasteiger partial charge on any atom is 0.0618 e. The number of hydrogen-bond acceptors (Lipinski definition) is 2. The van der Waals surface area contributed by atoms with Crippen molar-refractivity contribution in [2.24, 2.45) is 9.78 Å². The quantitative estimate of drug-likeness (QED) is 0.642. The molecule has 20 heavy (non-hydrogen) atoms. The molecule has 0 aliphatic rings. The molecule has 0 aliphatic carbocycles. The van der Waals surface area contributed by atoms with Gasteiger partial charge < -0.3 is 0 Å². The van der Waals surface area contributed by atoms with Crippen LogP contribution in [0.5, 0.6) is 0 Å². The molecule has 0 N–H and O–H groups in total. The molecule has 2 nitrogen and oxygen atoms in total. The SMILES string of the molecule is CCC#CC(C)(C)CCS(=O)(CCCC)=NC(C)(C)C. The Morgan fingerprint density at radius 2 is 1.65 bits per heavy atom. The summed E-state index contributed by atoms with van der Waals surface area (Å²) in [7, 11) is -2.11. The summed E-state index contributed by atoms with van der Waals surface area (Å²) in [6.07, 6.45) is 3.78. The lowest BCUT2D eigenvalue weighted by molar-refractivity contribution is 0.483. The van der Waals surface area contributed by atoms with Gasteiger partial charge in [-0.2, -0.15) is 0 Å². The fourth-order valence-electron chi connectivity index (χ4n) is 1.87. The van der Waals surface area contributed by atoms with Gasteiger partial charge in [-0.1, -0.05) is 26.2 Å². The summed E-state index contributed by atoms with van der Waals surface area (Å²) in [5, 5.41) is 0. The van der Waals surface area contributed by atoms with Crippen LogP contribution in [0.4, 0.5) is 0 Å². The molecular weight excluding hydrogens is 266 g/mol. The van der Waals surface area contributed by atoms with Crippen LogP contribution >= 0.6 is 0 Å². The minimum Gasteiger partial charge on any atom is -0.250 e. The van der Waals surface area contributed by atoms with Gasteiger partial charge in [-0.3, -0.25) is 0 Å². The highest BCUT2D eigenvalue weighted by Crippen LogP contribution is 2.23. The van der Waals surface area contributed by atoms with Crippen molar-refractivity contribution in [3.8, 4) is 11.8 Å². The van der Waals surface area contributed by atoms with Gasteiger partial charge in [0.1, 0.15) is 0 Å². The first-order valence-electron chi connectivity index (χ1n) is 7.77. The molecule has 0 heterocycles. The first-order valence-corrected chi connectivity index (χ1v) is 9.62. The summed E-state index contributed by atoms with van der Waals surface area (Å²) in [6.45, 7) is 14.5. The van der Waals surface area contributed by atoms with Gasteiger partial charge in [0.05, 0.1) is 5.54 Å². The van der Waals surface area contributed by atoms with Crippen LogP contribution in [-0.4, -0.2) is 21.3 Å². The van der Waals surface area contributed by atoms with Gasteiger partial charge in [-0.05, 0) is 47.5 Å². The first-order chi connectivity index (χ1) is 9.04. The molecule has 0 saturated carbocycles. The zero-order valence-electron chi connectivity index (χ0n) is 14.5. The van der Waals surface area contributed by atoms with E-state index >= 15 is 0 Å². The van der Waals surface area contributed by atoms with Crippen molar-refractivity contribution in [2.75, 3.05) is 11.5 Å². The molecule has 0 rings (SSSR count). The smallest absolute Gasteiger partial charge is 0.0618 e. The van der Waals surface area contributed by atoms with Crippen molar-refractivity contribution in [3.63, 3.8) is 0 Å². The van der Waals surface area contributed by atoms with Crippen molar-refractivity contribution < 1.29 is 4.21 Å². The number of hydrogen-bond donors (Lipinski definition) is 0. The van der Waals surface area contributed by atoms with Gasteiger partial charge in [-0.25, -0.2) is 8.57 Å². The lowest BCUT2D eigenvalue weighted by Crippen LogP contribution is -2.22. The zero-order chi connectivity index (χ0) is 15.9. The van der Waals surface area contributed by atoms with E-state index in [0.717, 1.165) is 31.4 Å². The van der Waals surface area contributed by atoms with E-state index in [4.69, 9.17) is 0 Å². The van der Waals surface area contributed by atoms with Crippen molar-refractivity contribution in [1.29, 1.82) is 0 Å². The van der Waals surface area contributed by atoms with E-state index in [9.17, 15) is 4.21 Å². The highest BCUT2D eigenvalue weighted by atomic mass is 32.2. The van der Waals surface area contributed by atoms with Crippen molar-refractivity contribution in [2.45, 2.75) is 79.7 Å². The molecule has 1 unspecified atom stereocenters. The van der Waals surface area contributed by atoms with Crippen molar-refractivity contribution >= 4 is 9.73 Å². The molecule has 0 bridgehead atoms. The molecule has 0 radical (unpaired) electrons. The number of unbranched alkanes of at least 4 members (excludes halogenated alkanes) is 1. The Kier molecular flexibility index (Phi) is 7.88. The van der Waals surface area contributed by atoms with Gasteiger partial charge in [-0.15, -0.1) is 5.92 Å². The van der Waals surface area contributed by atoms with Crippen LogP contribution in [0, 0.1) is 17.3 Å². The van der Waals surface area contributed by atoms with E-state index in [2.05, 4.69) is 43.9 Å². The zero-order valence-corrected chi connectivity index (χ0v) is 15.3.